The van der Waals surface area contributed by atoms with Crippen LogP contribution in [0.2, 0.25) is 0 Å². The van der Waals surface area contributed by atoms with E-state index in [0.29, 0.717) is 18.1 Å². The number of hydrogen-bond acceptors (Lipinski definition) is 4. The van der Waals surface area contributed by atoms with E-state index >= 15 is 0 Å². The fraction of sp³-hybridized carbons (Fsp3) is 0.458. The number of hydrogen-bond donors (Lipinski definition) is 0. The van der Waals surface area contributed by atoms with E-state index < -0.39 is 0 Å². The Kier molecular flexibility index (Phi) is 6.02. The molecule has 1 atom stereocenters. The summed E-state index contributed by atoms with van der Waals surface area (Å²) in [5.74, 6) is 0.551. The van der Waals surface area contributed by atoms with Crippen LogP contribution in [0.1, 0.15) is 60.0 Å². The van der Waals surface area contributed by atoms with E-state index in [1.54, 1.807) is 0 Å². The number of fused-ring (bicyclic) bond motifs is 1. The highest BCUT2D eigenvalue weighted by atomic mass is 16.5. The van der Waals surface area contributed by atoms with Crippen LogP contribution in [-0.2, 0) is 6.42 Å². The molecular weight excluding hydrogens is 376 g/mol. The van der Waals surface area contributed by atoms with E-state index in [1.165, 1.54) is 0 Å². The fourth-order valence-electron chi connectivity index (χ4n) is 4.19. The van der Waals surface area contributed by atoms with Crippen molar-refractivity contribution in [3.8, 4) is 5.75 Å². The number of ether oxygens (including phenoxy) is 1. The lowest BCUT2D eigenvalue weighted by molar-refractivity contribution is 0.0601. The summed E-state index contributed by atoms with van der Waals surface area (Å²) in [6.07, 6.45) is 8.88. The van der Waals surface area contributed by atoms with Gasteiger partial charge in [-0.05, 0) is 63.3 Å². The minimum Gasteiger partial charge on any atom is -0.491 e. The molecule has 0 aromatic carbocycles. The average Bonchev–Trinajstić information content (AvgIpc) is 3.17. The van der Waals surface area contributed by atoms with Crippen molar-refractivity contribution in [2.45, 2.75) is 58.9 Å². The number of carbonyl (C=O) groups excluding carboxylic acids is 1. The van der Waals surface area contributed by atoms with Gasteiger partial charge in [-0.15, -0.1) is 0 Å². The number of aromatic nitrogens is 3. The Morgan fingerprint density at radius 3 is 2.87 bits per heavy atom. The molecule has 1 saturated heterocycles. The fourth-order valence-corrected chi connectivity index (χ4v) is 4.19. The van der Waals surface area contributed by atoms with Crippen LogP contribution in [0.15, 0.2) is 36.7 Å². The Morgan fingerprint density at radius 1 is 1.20 bits per heavy atom. The molecule has 1 amide bonds. The third kappa shape index (κ3) is 4.18. The van der Waals surface area contributed by atoms with Gasteiger partial charge in [0.05, 0.1) is 12.3 Å². The smallest absolute Gasteiger partial charge is 0.276 e. The zero-order chi connectivity index (χ0) is 21.1. The first-order chi connectivity index (χ1) is 14.6. The first kappa shape index (κ1) is 20.4. The molecule has 1 fully saturated rings. The Morgan fingerprint density at radius 2 is 2.07 bits per heavy atom. The summed E-state index contributed by atoms with van der Waals surface area (Å²) < 4.78 is 7.90. The molecule has 0 bridgehead atoms. The van der Waals surface area contributed by atoms with Gasteiger partial charge in [-0.3, -0.25) is 4.79 Å². The molecule has 6 nitrogen and oxygen atoms in total. The van der Waals surface area contributed by atoms with Gasteiger partial charge in [-0.1, -0.05) is 13.0 Å². The lowest BCUT2D eigenvalue weighted by atomic mass is 9.97. The van der Waals surface area contributed by atoms with Crippen LogP contribution in [0.5, 0.6) is 5.75 Å². The maximum Gasteiger partial charge on any atom is 0.276 e. The van der Waals surface area contributed by atoms with E-state index in [1.807, 2.05) is 36.2 Å². The first-order valence-electron chi connectivity index (χ1n) is 10.9. The zero-order valence-electron chi connectivity index (χ0n) is 18.1. The quantitative estimate of drug-likeness (QED) is 0.610. The first-order valence-corrected chi connectivity index (χ1v) is 10.9. The molecule has 0 aliphatic carbocycles. The molecule has 6 heteroatoms. The van der Waals surface area contributed by atoms with Crippen molar-refractivity contribution in [3.63, 3.8) is 0 Å². The highest BCUT2D eigenvalue weighted by Gasteiger charge is 2.31. The van der Waals surface area contributed by atoms with Crippen molar-refractivity contribution in [3.05, 3.63) is 59.3 Å². The minimum absolute atomic E-state index is 0.0329. The largest absolute Gasteiger partial charge is 0.491 e. The van der Waals surface area contributed by atoms with Crippen molar-refractivity contribution in [2.24, 2.45) is 0 Å². The van der Waals surface area contributed by atoms with Crippen LogP contribution in [0.4, 0.5) is 0 Å². The van der Waals surface area contributed by atoms with Gasteiger partial charge < -0.3 is 14.0 Å². The molecule has 4 rings (SSSR count). The maximum atomic E-state index is 13.5. The highest BCUT2D eigenvalue weighted by Crippen LogP contribution is 2.26. The number of carbonyl (C=O) groups is 1. The molecule has 0 spiro atoms. The number of nitrogens with zero attached hydrogens (tertiary/aromatic N) is 4. The molecule has 4 heterocycles. The molecule has 158 valence electrons. The van der Waals surface area contributed by atoms with Crippen LogP contribution < -0.4 is 4.74 Å². The number of imidazole rings is 1. The topological polar surface area (TPSA) is 59.7 Å². The molecule has 0 saturated carbocycles. The number of pyridine rings is 2. The van der Waals surface area contributed by atoms with E-state index in [2.05, 4.69) is 35.5 Å². The van der Waals surface area contributed by atoms with E-state index in [0.717, 1.165) is 61.2 Å². The number of piperidine rings is 1. The molecule has 0 N–H and O–H groups in total. The summed E-state index contributed by atoms with van der Waals surface area (Å²) >= 11 is 0. The van der Waals surface area contributed by atoms with E-state index in [9.17, 15) is 4.79 Å². The summed E-state index contributed by atoms with van der Waals surface area (Å²) in [6, 6.07) is 8.00. The summed E-state index contributed by atoms with van der Waals surface area (Å²) in [5, 5.41) is 0. The van der Waals surface area contributed by atoms with Crippen molar-refractivity contribution >= 4 is 11.6 Å². The SMILES string of the molecule is CCCOc1ccc(C)nc1C(=O)N1CCCCC1Cc1cn2cccc(C)c2n1. The van der Waals surface area contributed by atoms with Gasteiger partial charge in [0.25, 0.3) is 5.91 Å². The van der Waals surface area contributed by atoms with Crippen LogP contribution in [0.3, 0.4) is 0 Å². The number of amides is 1. The zero-order valence-corrected chi connectivity index (χ0v) is 18.1. The Labute approximate surface area is 177 Å². The highest BCUT2D eigenvalue weighted by molar-refractivity contribution is 5.95. The second-order valence-corrected chi connectivity index (χ2v) is 8.15. The normalized spacial score (nSPS) is 16.8. The van der Waals surface area contributed by atoms with E-state index in [4.69, 9.17) is 9.72 Å². The van der Waals surface area contributed by atoms with Crippen LogP contribution in [0.25, 0.3) is 5.65 Å². The van der Waals surface area contributed by atoms with Gasteiger partial charge in [0.2, 0.25) is 0 Å². The number of aryl methyl sites for hydroxylation is 2. The van der Waals surface area contributed by atoms with Crippen molar-refractivity contribution < 1.29 is 9.53 Å². The molecule has 1 aliphatic rings. The van der Waals surface area contributed by atoms with Gasteiger partial charge in [-0.25, -0.2) is 9.97 Å². The van der Waals surface area contributed by atoms with Crippen molar-refractivity contribution in [2.75, 3.05) is 13.2 Å². The van der Waals surface area contributed by atoms with Gasteiger partial charge in [0.15, 0.2) is 11.4 Å². The molecule has 30 heavy (non-hydrogen) atoms. The standard InChI is InChI=1S/C24H30N4O2/c1-4-14-30-21-11-10-18(3)25-22(21)24(29)28-13-6-5-9-20(28)15-19-16-27-12-7-8-17(2)23(27)26-19/h7-8,10-12,16,20H,4-6,9,13-15H2,1-3H3. The Hall–Kier alpha value is -2.89. The van der Waals surface area contributed by atoms with Crippen molar-refractivity contribution in [1.29, 1.82) is 0 Å². The number of rotatable bonds is 6. The third-order valence-corrected chi connectivity index (χ3v) is 5.72. The van der Waals surface area contributed by atoms with Crippen LogP contribution in [0, 0.1) is 13.8 Å². The predicted octanol–water partition coefficient (Wildman–Crippen LogP) is 4.37. The van der Waals surface area contributed by atoms with E-state index in [-0.39, 0.29) is 11.9 Å². The lowest BCUT2D eigenvalue weighted by Gasteiger charge is -2.35. The Balaban J connectivity index is 1.59. The van der Waals surface area contributed by atoms with Crippen LogP contribution in [-0.4, -0.2) is 44.4 Å². The lowest BCUT2D eigenvalue weighted by Crippen LogP contribution is -2.45. The summed E-state index contributed by atoms with van der Waals surface area (Å²) in [4.78, 5) is 24.9. The molecule has 3 aromatic heterocycles. The summed E-state index contributed by atoms with van der Waals surface area (Å²) in [7, 11) is 0. The second-order valence-electron chi connectivity index (χ2n) is 8.15. The molecule has 1 aliphatic heterocycles. The minimum atomic E-state index is -0.0329. The maximum absolute atomic E-state index is 13.5. The average molecular weight is 407 g/mol. The number of likely N-dealkylation sites (tertiary alicyclic amines) is 1. The second kappa shape index (κ2) is 8.86. The van der Waals surface area contributed by atoms with Crippen LogP contribution >= 0.6 is 0 Å². The summed E-state index contributed by atoms with van der Waals surface area (Å²) in [6.45, 7) is 7.37. The van der Waals surface area contributed by atoms with Gasteiger partial charge in [0.1, 0.15) is 5.65 Å². The van der Waals surface area contributed by atoms with Crippen molar-refractivity contribution in [1.82, 2.24) is 19.3 Å². The summed E-state index contributed by atoms with van der Waals surface area (Å²) in [5.41, 5.74) is 4.42. The molecule has 3 aromatic rings. The Bertz CT molecular complexity index is 1040. The van der Waals surface area contributed by atoms with Gasteiger partial charge in [-0.2, -0.15) is 0 Å². The molecular formula is C24H30N4O2. The monoisotopic (exact) mass is 406 g/mol. The molecule has 1 unspecified atom stereocenters. The van der Waals surface area contributed by atoms with Gasteiger partial charge >= 0.3 is 0 Å². The van der Waals surface area contributed by atoms with Gasteiger partial charge in [0, 0.05) is 37.1 Å². The predicted molar refractivity (Wildman–Crippen MR) is 117 cm³/mol. The third-order valence-electron chi connectivity index (χ3n) is 5.72. The molecule has 0 radical (unpaired) electrons.